The highest BCUT2D eigenvalue weighted by molar-refractivity contribution is 5.98. The van der Waals surface area contributed by atoms with Gasteiger partial charge in [0.25, 0.3) is 0 Å². The Labute approximate surface area is 95.6 Å². The lowest BCUT2D eigenvalue weighted by Gasteiger charge is -2.41. The van der Waals surface area contributed by atoms with Gasteiger partial charge in [-0.05, 0) is 18.8 Å². The predicted octanol–water partition coefficient (Wildman–Crippen LogP) is 1.08. The van der Waals surface area contributed by atoms with Gasteiger partial charge in [-0.3, -0.25) is 14.5 Å². The first-order valence-corrected chi connectivity index (χ1v) is 6.06. The molecular formula is C12H19NO3. The number of rotatable bonds is 2. The number of amides is 2. The lowest BCUT2D eigenvalue weighted by molar-refractivity contribution is -0.159. The number of aliphatic hydroxyl groups excluding tert-OH is 1. The van der Waals surface area contributed by atoms with Gasteiger partial charge in [0, 0.05) is 12.8 Å². The fourth-order valence-electron chi connectivity index (χ4n) is 3.00. The van der Waals surface area contributed by atoms with Crippen LogP contribution in [0, 0.1) is 5.92 Å². The van der Waals surface area contributed by atoms with E-state index in [1.54, 1.807) is 0 Å². The number of imide groups is 1. The molecule has 90 valence electrons. The Hall–Kier alpha value is -0.900. The number of nitrogens with zero attached hydrogens (tertiary/aromatic N) is 1. The Kier molecular flexibility index (Phi) is 3.02. The quantitative estimate of drug-likeness (QED) is 0.715. The Morgan fingerprint density at radius 3 is 2.19 bits per heavy atom. The third-order valence-electron chi connectivity index (χ3n) is 3.85. The van der Waals surface area contributed by atoms with Gasteiger partial charge in [-0.25, -0.2) is 0 Å². The van der Waals surface area contributed by atoms with Gasteiger partial charge < -0.3 is 5.11 Å². The molecule has 0 spiro atoms. The van der Waals surface area contributed by atoms with Crippen molar-refractivity contribution in [2.45, 2.75) is 51.0 Å². The molecule has 0 aromatic rings. The largest absolute Gasteiger partial charge is 0.394 e. The summed E-state index contributed by atoms with van der Waals surface area (Å²) in [7, 11) is 0. The molecule has 0 atom stereocenters. The molecule has 0 aromatic carbocycles. The van der Waals surface area contributed by atoms with E-state index in [0.29, 0.717) is 12.8 Å². The summed E-state index contributed by atoms with van der Waals surface area (Å²) in [5.74, 6) is -0.0483. The predicted molar refractivity (Wildman–Crippen MR) is 58.5 cm³/mol. The Bertz CT molecular complexity index is 289. The van der Waals surface area contributed by atoms with Crippen LogP contribution in [0.2, 0.25) is 0 Å². The molecular weight excluding hydrogens is 206 g/mol. The summed E-state index contributed by atoms with van der Waals surface area (Å²) >= 11 is 0. The second kappa shape index (κ2) is 4.17. The minimum absolute atomic E-state index is 0.0845. The summed E-state index contributed by atoms with van der Waals surface area (Å²) in [6.07, 6.45) is 4.38. The topological polar surface area (TPSA) is 57.6 Å². The molecule has 2 fully saturated rings. The first kappa shape index (κ1) is 11.6. The van der Waals surface area contributed by atoms with Crippen LogP contribution in [0.4, 0.5) is 0 Å². The van der Waals surface area contributed by atoms with Crippen LogP contribution in [0.15, 0.2) is 0 Å². The molecule has 0 unspecified atom stereocenters. The van der Waals surface area contributed by atoms with Gasteiger partial charge in [-0.15, -0.1) is 0 Å². The number of hydrogen-bond acceptors (Lipinski definition) is 3. The van der Waals surface area contributed by atoms with Crippen LogP contribution < -0.4 is 0 Å². The molecule has 2 aliphatic rings. The minimum atomic E-state index is -0.575. The zero-order valence-corrected chi connectivity index (χ0v) is 9.74. The van der Waals surface area contributed by atoms with Crippen LogP contribution in [-0.2, 0) is 9.59 Å². The van der Waals surface area contributed by atoms with E-state index in [1.807, 2.05) is 6.92 Å². The van der Waals surface area contributed by atoms with E-state index in [1.165, 1.54) is 4.90 Å². The average molecular weight is 225 g/mol. The molecule has 2 rings (SSSR count). The van der Waals surface area contributed by atoms with E-state index in [-0.39, 0.29) is 24.3 Å². The molecule has 4 heteroatoms. The van der Waals surface area contributed by atoms with Gasteiger partial charge in [-0.1, -0.05) is 19.8 Å². The molecule has 1 saturated carbocycles. The highest BCUT2D eigenvalue weighted by Gasteiger charge is 2.47. The fraction of sp³-hybridized carbons (Fsp3) is 0.833. The number of aliphatic hydroxyl groups is 1. The van der Waals surface area contributed by atoms with Crippen molar-refractivity contribution in [2.75, 3.05) is 6.61 Å². The van der Waals surface area contributed by atoms with Crippen LogP contribution >= 0.6 is 0 Å². The maximum absolute atomic E-state index is 12.0. The maximum atomic E-state index is 12.0. The summed E-state index contributed by atoms with van der Waals surface area (Å²) in [4.78, 5) is 25.3. The number of likely N-dealkylation sites (tertiary alicyclic amines) is 1. The van der Waals surface area contributed by atoms with Crippen LogP contribution in [0.1, 0.15) is 45.4 Å². The first-order chi connectivity index (χ1) is 7.59. The molecule has 1 aliphatic carbocycles. The molecule has 1 aliphatic heterocycles. The van der Waals surface area contributed by atoms with Crippen molar-refractivity contribution in [2.24, 2.45) is 5.92 Å². The molecule has 0 radical (unpaired) electrons. The standard InChI is InChI=1S/C12H19NO3/c1-9-6-10(15)13(11(16)7-9)12(8-14)4-2-3-5-12/h9,14H,2-8H2,1H3. The molecule has 1 N–H and O–H groups in total. The van der Waals surface area contributed by atoms with Crippen molar-refractivity contribution in [3.8, 4) is 0 Å². The van der Waals surface area contributed by atoms with E-state index < -0.39 is 5.54 Å². The lowest BCUT2D eigenvalue weighted by Crippen LogP contribution is -2.58. The van der Waals surface area contributed by atoms with E-state index in [0.717, 1.165) is 25.7 Å². The van der Waals surface area contributed by atoms with Crippen LogP contribution in [0.5, 0.6) is 0 Å². The van der Waals surface area contributed by atoms with Crippen molar-refractivity contribution >= 4 is 11.8 Å². The summed E-state index contributed by atoms with van der Waals surface area (Å²) in [6, 6.07) is 0. The molecule has 2 amide bonds. The minimum Gasteiger partial charge on any atom is -0.394 e. The smallest absolute Gasteiger partial charge is 0.230 e. The van der Waals surface area contributed by atoms with Crippen molar-refractivity contribution < 1.29 is 14.7 Å². The third-order valence-corrected chi connectivity index (χ3v) is 3.85. The van der Waals surface area contributed by atoms with E-state index >= 15 is 0 Å². The lowest BCUT2D eigenvalue weighted by atomic mass is 9.89. The zero-order valence-electron chi connectivity index (χ0n) is 9.74. The van der Waals surface area contributed by atoms with Gasteiger partial charge in [0.05, 0.1) is 12.1 Å². The number of piperidine rings is 1. The van der Waals surface area contributed by atoms with E-state index in [2.05, 4.69) is 0 Å². The SMILES string of the molecule is CC1CC(=O)N(C2(CO)CCCC2)C(=O)C1. The highest BCUT2D eigenvalue weighted by Crippen LogP contribution is 2.38. The fourth-order valence-corrected chi connectivity index (χ4v) is 3.00. The number of carbonyl (C=O) groups excluding carboxylic acids is 2. The van der Waals surface area contributed by atoms with Gasteiger partial charge in [-0.2, -0.15) is 0 Å². The number of carbonyl (C=O) groups is 2. The van der Waals surface area contributed by atoms with Crippen molar-refractivity contribution in [3.63, 3.8) is 0 Å². The van der Waals surface area contributed by atoms with Crippen LogP contribution in [0.3, 0.4) is 0 Å². The van der Waals surface area contributed by atoms with Gasteiger partial charge in [0.2, 0.25) is 11.8 Å². The molecule has 0 aromatic heterocycles. The molecule has 1 heterocycles. The van der Waals surface area contributed by atoms with Crippen molar-refractivity contribution in [1.82, 2.24) is 4.90 Å². The normalized spacial score (nSPS) is 26.5. The Balaban J connectivity index is 2.24. The second-order valence-electron chi connectivity index (χ2n) is 5.23. The Morgan fingerprint density at radius 1 is 1.25 bits per heavy atom. The number of hydrogen-bond donors (Lipinski definition) is 1. The van der Waals surface area contributed by atoms with Gasteiger partial charge >= 0.3 is 0 Å². The molecule has 0 bridgehead atoms. The highest BCUT2D eigenvalue weighted by atomic mass is 16.3. The summed E-state index contributed by atoms with van der Waals surface area (Å²) in [5.41, 5.74) is -0.575. The third kappa shape index (κ3) is 1.75. The van der Waals surface area contributed by atoms with Gasteiger partial charge in [0.15, 0.2) is 0 Å². The summed E-state index contributed by atoms with van der Waals surface area (Å²) < 4.78 is 0. The average Bonchev–Trinajstić information content (AvgIpc) is 2.66. The maximum Gasteiger partial charge on any atom is 0.230 e. The Morgan fingerprint density at radius 2 is 1.75 bits per heavy atom. The zero-order chi connectivity index (χ0) is 11.8. The first-order valence-electron chi connectivity index (χ1n) is 6.06. The summed E-state index contributed by atoms with van der Waals surface area (Å²) in [6.45, 7) is 1.84. The van der Waals surface area contributed by atoms with E-state index in [9.17, 15) is 14.7 Å². The molecule has 4 nitrogen and oxygen atoms in total. The van der Waals surface area contributed by atoms with Crippen LogP contribution in [0.25, 0.3) is 0 Å². The van der Waals surface area contributed by atoms with Crippen LogP contribution in [-0.4, -0.2) is 34.0 Å². The van der Waals surface area contributed by atoms with Gasteiger partial charge in [0.1, 0.15) is 0 Å². The second-order valence-corrected chi connectivity index (χ2v) is 5.23. The van der Waals surface area contributed by atoms with Crippen molar-refractivity contribution in [3.05, 3.63) is 0 Å². The van der Waals surface area contributed by atoms with E-state index in [4.69, 9.17) is 0 Å². The molecule has 16 heavy (non-hydrogen) atoms. The monoisotopic (exact) mass is 225 g/mol. The molecule has 1 saturated heterocycles. The van der Waals surface area contributed by atoms with Crippen molar-refractivity contribution in [1.29, 1.82) is 0 Å². The summed E-state index contributed by atoms with van der Waals surface area (Å²) in [5, 5.41) is 9.52.